The fourth-order valence-electron chi connectivity index (χ4n) is 4.69. The lowest BCUT2D eigenvalue weighted by Gasteiger charge is -2.23. The Morgan fingerprint density at radius 1 is 0.861 bits per heavy atom. The first-order valence-electron chi connectivity index (χ1n) is 12.1. The van der Waals surface area contributed by atoms with Crippen LogP contribution in [0.4, 0.5) is 11.5 Å². The molecule has 1 unspecified atom stereocenters. The SMILES string of the molecule is CC(C)Cn1c(=O)n(C)c(=O)c2c(Nc3ccccc3)n(C(c3ccccc3)c3ccncc3)cc21. The average Bonchev–Trinajstić information content (AvgIpc) is 3.25. The van der Waals surface area contributed by atoms with E-state index in [4.69, 9.17) is 0 Å². The maximum atomic E-state index is 13.6. The van der Waals surface area contributed by atoms with Gasteiger partial charge in [-0.15, -0.1) is 0 Å². The van der Waals surface area contributed by atoms with Crippen LogP contribution >= 0.6 is 0 Å². The first kappa shape index (κ1) is 23.4. The van der Waals surface area contributed by atoms with Crippen LogP contribution in [0.25, 0.3) is 10.9 Å². The molecule has 2 aromatic carbocycles. The van der Waals surface area contributed by atoms with Crippen molar-refractivity contribution >= 4 is 22.4 Å². The third-order valence-corrected chi connectivity index (χ3v) is 6.34. The molecule has 0 spiro atoms. The lowest BCUT2D eigenvalue weighted by atomic mass is 9.99. The molecule has 0 aliphatic heterocycles. The summed E-state index contributed by atoms with van der Waals surface area (Å²) in [5.74, 6) is 0.863. The monoisotopic (exact) mass is 479 g/mol. The van der Waals surface area contributed by atoms with Gasteiger partial charge in [-0.25, -0.2) is 4.79 Å². The lowest BCUT2D eigenvalue weighted by Crippen LogP contribution is -2.38. The van der Waals surface area contributed by atoms with Crippen molar-refractivity contribution in [1.82, 2.24) is 18.7 Å². The van der Waals surface area contributed by atoms with Gasteiger partial charge in [0.1, 0.15) is 11.2 Å². The van der Waals surface area contributed by atoms with E-state index in [0.29, 0.717) is 23.3 Å². The van der Waals surface area contributed by atoms with E-state index in [0.717, 1.165) is 16.8 Å². The second-order valence-electron chi connectivity index (χ2n) is 9.38. The molecule has 0 radical (unpaired) electrons. The van der Waals surface area contributed by atoms with Crippen molar-refractivity contribution < 1.29 is 0 Å². The maximum Gasteiger partial charge on any atom is 0.331 e. The van der Waals surface area contributed by atoms with Crippen LogP contribution in [0.5, 0.6) is 0 Å². The number of nitrogens with zero attached hydrogens (tertiary/aromatic N) is 4. The number of hydrogen-bond acceptors (Lipinski definition) is 4. The van der Waals surface area contributed by atoms with Crippen molar-refractivity contribution in [2.45, 2.75) is 26.4 Å². The van der Waals surface area contributed by atoms with Gasteiger partial charge in [0.25, 0.3) is 5.56 Å². The Morgan fingerprint density at radius 3 is 2.11 bits per heavy atom. The number of aromatic nitrogens is 4. The van der Waals surface area contributed by atoms with Gasteiger partial charge in [0, 0.05) is 37.9 Å². The normalized spacial score (nSPS) is 12.2. The van der Waals surface area contributed by atoms with Gasteiger partial charge in [-0.1, -0.05) is 62.4 Å². The standard InChI is InChI=1S/C29H29N5O2/c1-20(2)18-33-24-19-34(26(21-10-6-4-7-11-21)22-14-16-30-17-15-22)27(31-23-12-8-5-9-13-23)25(24)28(35)32(3)29(33)36/h4-17,19-20,26,31H,18H2,1-3H3. The molecule has 182 valence electrons. The van der Waals surface area contributed by atoms with Gasteiger partial charge in [-0.3, -0.25) is 18.9 Å². The van der Waals surface area contributed by atoms with E-state index in [9.17, 15) is 9.59 Å². The van der Waals surface area contributed by atoms with Gasteiger partial charge in [0.15, 0.2) is 0 Å². The smallest absolute Gasteiger partial charge is 0.331 e. The van der Waals surface area contributed by atoms with Crippen molar-refractivity contribution in [2.24, 2.45) is 13.0 Å². The van der Waals surface area contributed by atoms with E-state index in [-0.39, 0.29) is 23.2 Å². The predicted molar refractivity (Wildman–Crippen MR) is 144 cm³/mol. The van der Waals surface area contributed by atoms with Gasteiger partial charge in [-0.2, -0.15) is 0 Å². The molecule has 1 atom stereocenters. The Labute approximate surface area is 209 Å². The topological polar surface area (TPSA) is 73.8 Å². The van der Waals surface area contributed by atoms with Crippen molar-refractivity contribution in [3.63, 3.8) is 0 Å². The Kier molecular flexibility index (Phi) is 6.29. The minimum atomic E-state index is -0.325. The van der Waals surface area contributed by atoms with E-state index in [1.807, 2.05) is 66.9 Å². The summed E-state index contributed by atoms with van der Waals surface area (Å²) in [6, 6.07) is 23.6. The van der Waals surface area contributed by atoms with Crippen LogP contribution in [0.3, 0.4) is 0 Å². The summed E-state index contributed by atoms with van der Waals surface area (Å²) < 4.78 is 4.98. The van der Waals surface area contributed by atoms with Crippen LogP contribution in [-0.4, -0.2) is 18.7 Å². The zero-order chi connectivity index (χ0) is 25.2. The molecule has 0 aliphatic rings. The summed E-state index contributed by atoms with van der Waals surface area (Å²) in [6.45, 7) is 4.63. The van der Waals surface area contributed by atoms with E-state index in [1.54, 1.807) is 24.0 Å². The largest absolute Gasteiger partial charge is 0.341 e. The third-order valence-electron chi connectivity index (χ3n) is 6.34. The molecular weight excluding hydrogens is 450 g/mol. The fraction of sp³-hybridized carbons (Fsp3) is 0.207. The molecule has 0 fully saturated rings. The van der Waals surface area contributed by atoms with Crippen LogP contribution in [-0.2, 0) is 13.6 Å². The molecule has 3 heterocycles. The Balaban J connectivity index is 1.88. The van der Waals surface area contributed by atoms with Gasteiger partial charge >= 0.3 is 5.69 Å². The molecule has 1 N–H and O–H groups in total. The predicted octanol–water partition coefficient (Wildman–Crippen LogP) is 4.93. The van der Waals surface area contributed by atoms with E-state index in [2.05, 4.69) is 40.8 Å². The van der Waals surface area contributed by atoms with Crippen LogP contribution in [0.15, 0.2) is 101 Å². The average molecular weight is 480 g/mol. The molecule has 5 aromatic rings. The second kappa shape index (κ2) is 9.70. The summed E-state index contributed by atoms with van der Waals surface area (Å²) in [5.41, 5.74) is 2.89. The molecule has 0 bridgehead atoms. The van der Waals surface area contributed by atoms with Gasteiger partial charge in [-0.05, 0) is 41.3 Å². The molecular formula is C29H29N5O2. The van der Waals surface area contributed by atoms with E-state index in [1.165, 1.54) is 4.57 Å². The van der Waals surface area contributed by atoms with Crippen LogP contribution < -0.4 is 16.6 Å². The molecule has 0 aliphatic carbocycles. The van der Waals surface area contributed by atoms with Gasteiger partial charge in [0.2, 0.25) is 0 Å². The Morgan fingerprint density at radius 2 is 1.47 bits per heavy atom. The number of rotatable bonds is 7. The molecule has 5 rings (SSSR count). The number of hydrogen-bond donors (Lipinski definition) is 1. The molecule has 7 nitrogen and oxygen atoms in total. The van der Waals surface area contributed by atoms with Crippen LogP contribution in [0.2, 0.25) is 0 Å². The highest BCUT2D eigenvalue weighted by Gasteiger charge is 2.26. The van der Waals surface area contributed by atoms with Gasteiger partial charge in [0.05, 0.1) is 11.6 Å². The summed E-state index contributed by atoms with van der Waals surface area (Å²) in [6.07, 6.45) is 5.48. The summed E-state index contributed by atoms with van der Waals surface area (Å²) in [5, 5.41) is 3.99. The molecule has 3 aromatic heterocycles. The number of anilines is 2. The van der Waals surface area contributed by atoms with Crippen molar-refractivity contribution in [3.8, 4) is 0 Å². The maximum absolute atomic E-state index is 13.6. The third kappa shape index (κ3) is 4.24. The Bertz CT molecular complexity index is 1560. The zero-order valence-electron chi connectivity index (χ0n) is 20.6. The minimum absolute atomic E-state index is 0.224. The Hall–Kier alpha value is -4.39. The zero-order valence-corrected chi connectivity index (χ0v) is 20.6. The number of fused-ring (bicyclic) bond motifs is 1. The minimum Gasteiger partial charge on any atom is -0.341 e. The number of nitrogens with one attached hydrogen (secondary N) is 1. The molecule has 0 saturated carbocycles. The van der Waals surface area contributed by atoms with Gasteiger partial charge < -0.3 is 9.88 Å². The summed E-state index contributed by atoms with van der Waals surface area (Å²) in [4.78, 5) is 31.0. The highest BCUT2D eigenvalue weighted by molar-refractivity contribution is 5.92. The number of benzene rings is 2. The first-order valence-corrected chi connectivity index (χ1v) is 12.1. The quantitative estimate of drug-likeness (QED) is 0.359. The highest BCUT2D eigenvalue weighted by Crippen LogP contribution is 2.35. The number of pyridine rings is 1. The molecule has 7 heteroatoms. The van der Waals surface area contributed by atoms with Crippen LogP contribution in [0, 0.1) is 5.92 Å². The first-order chi connectivity index (χ1) is 17.5. The second-order valence-corrected chi connectivity index (χ2v) is 9.38. The van der Waals surface area contributed by atoms with Crippen molar-refractivity contribution in [3.05, 3.63) is 123 Å². The van der Waals surface area contributed by atoms with Crippen LogP contribution in [0.1, 0.15) is 31.0 Å². The summed E-state index contributed by atoms with van der Waals surface area (Å²) >= 11 is 0. The summed E-state index contributed by atoms with van der Waals surface area (Å²) in [7, 11) is 1.54. The van der Waals surface area contributed by atoms with Crippen molar-refractivity contribution in [2.75, 3.05) is 5.32 Å². The molecule has 0 saturated heterocycles. The highest BCUT2D eigenvalue weighted by atomic mass is 16.2. The molecule has 36 heavy (non-hydrogen) atoms. The van der Waals surface area contributed by atoms with E-state index < -0.39 is 0 Å². The van der Waals surface area contributed by atoms with Crippen molar-refractivity contribution in [1.29, 1.82) is 0 Å². The number of para-hydroxylation sites is 1. The molecule has 0 amide bonds. The lowest BCUT2D eigenvalue weighted by molar-refractivity contribution is 0.502. The van der Waals surface area contributed by atoms with E-state index >= 15 is 0 Å². The fourth-order valence-corrected chi connectivity index (χ4v) is 4.69.